The zero-order chi connectivity index (χ0) is 17.8. The summed E-state index contributed by atoms with van der Waals surface area (Å²) in [7, 11) is 0. The van der Waals surface area contributed by atoms with Crippen molar-refractivity contribution in [2.24, 2.45) is 11.5 Å². The Morgan fingerprint density at radius 3 is 3.00 bits per heavy atom. The van der Waals surface area contributed by atoms with E-state index in [0.29, 0.717) is 6.04 Å². The van der Waals surface area contributed by atoms with Crippen LogP contribution in [0.15, 0.2) is 30.2 Å². The van der Waals surface area contributed by atoms with Gasteiger partial charge in [-0.15, -0.1) is 0 Å². The summed E-state index contributed by atoms with van der Waals surface area (Å²) < 4.78 is 0. The molecule has 1 atom stereocenters. The third-order valence-electron chi connectivity index (χ3n) is 4.70. The highest BCUT2D eigenvalue weighted by Crippen LogP contribution is 2.30. The second-order valence-corrected chi connectivity index (χ2v) is 6.26. The lowest BCUT2D eigenvalue weighted by Gasteiger charge is -2.36. The zero-order valence-electron chi connectivity index (χ0n) is 14.4. The van der Waals surface area contributed by atoms with Crippen molar-refractivity contribution >= 4 is 28.8 Å². The van der Waals surface area contributed by atoms with E-state index in [9.17, 15) is 4.79 Å². The van der Waals surface area contributed by atoms with Gasteiger partial charge >= 0.3 is 0 Å². The Hall–Kier alpha value is -2.83. The van der Waals surface area contributed by atoms with Crippen molar-refractivity contribution in [3.63, 3.8) is 0 Å². The summed E-state index contributed by atoms with van der Waals surface area (Å²) in [5, 5.41) is 0.986. The second kappa shape index (κ2) is 7.38. The first kappa shape index (κ1) is 17.0. The van der Waals surface area contributed by atoms with E-state index in [4.69, 9.17) is 11.5 Å². The third-order valence-corrected chi connectivity index (χ3v) is 4.70. The molecule has 1 aliphatic heterocycles. The van der Waals surface area contributed by atoms with Gasteiger partial charge in [0.1, 0.15) is 17.8 Å². The van der Waals surface area contributed by atoms with Crippen molar-refractivity contribution in [2.75, 3.05) is 11.4 Å². The number of primary amides is 1. The van der Waals surface area contributed by atoms with E-state index in [-0.39, 0.29) is 5.57 Å². The summed E-state index contributed by atoms with van der Waals surface area (Å²) in [5.74, 6) is 0.409. The smallest absolute Gasteiger partial charge is 0.250 e. The molecule has 1 saturated heterocycles. The molecule has 132 valence electrons. The second-order valence-electron chi connectivity index (χ2n) is 6.26. The van der Waals surface area contributed by atoms with Gasteiger partial charge in [0.05, 0.1) is 11.0 Å². The van der Waals surface area contributed by atoms with Crippen LogP contribution in [0.25, 0.3) is 17.1 Å². The SMILES string of the molecule is CCC1CCCCN1c1ncnc2[nH]c(/C=C\C(=C/N)C(N)=O)cc12. The van der Waals surface area contributed by atoms with Crippen LogP contribution in [0.2, 0.25) is 0 Å². The molecular weight excluding hydrogens is 316 g/mol. The van der Waals surface area contributed by atoms with Gasteiger partial charge in [-0.2, -0.15) is 0 Å². The van der Waals surface area contributed by atoms with Gasteiger partial charge < -0.3 is 21.4 Å². The lowest BCUT2D eigenvalue weighted by molar-refractivity contribution is -0.114. The lowest BCUT2D eigenvalue weighted by Crippen LogP contribution is -2.39. The van der Waals surface area contributed by atoms with Gasteiger partial charge in [-0.05, 0) is 43.9 Å². The Balaban J connectivity index is 1.96. The maximum absolute atomic E-state index is 11.2. The molecule has 1 fully saturated rings. The molecule has 25 heavy (non-hydrogen) atoms. The van der Waals surface area contributed by atoms with E-state index < -0.39 is 5.91 Å². The fraction of sp³-hybridized carbons (Fsp3) is 0.389. The lowest BCUT2D eigenvalue weighted by atomic mass is 10.00. The van der Waals surface area contributed by atoms with Crippen molar-refractivity contribution in [3.8, 4) is 0 Å². The number of hydrogen-bond donors (Lipinski definition) is 3. The minimum absolute atomic E-state index is 0.257. The largest absolute Gasteiger partial charge is 0.404 e. The minimum Gasteiger partial charge on any atom is -0.404 e. The molecule has 0 spiro atoms. The number of nitrogens with one attached hydrogen (secondary N) is 1. The van der Waals surface area contributed by atoms with Crippen LogP contribution in [0, 0.1) is 0 Å². The van der Waals surface area contributed by atoms with E-state index in [1.165, 1.54) is 25.5 Å². The summed E-state index contributed by atoms with van der Waals surface area (Å²) in [6.07, 6.45) is 10.9. The molecule has 3 rings (SSSR count). The summed E-state index contributed by atoms with van der Waals surface area (Å²) in [5.41, 5.74) is 12.5. The number of piperidine rings is 1. The molecule has 0 saturated carbocycles. The van der Waals surface area contributed by atoms with Crippen LogP contribution < -0.4 is 16.4 Å². The number of nitrogens with zero attached hydrogens (tertiary/aromatic N) is 3. The molecule has 2 aromatic rings. The normalized spacial score (nSPS) is 19.0. The number of fused-ring (bicyclic) bond motifs is 1. The number of nitrogens with two attached hydrogens (primary N) is 2. The van der Waals surface area contributed by atoms with Crippen molar-refractivity contribution < 1.29 is 4.79 Å². The van der Waals surface area contributed by atoms with E-state index in [2.05, 4.69) is 26.8 Å². The summed E-state index contributed by atoms with van der Waals surface area (Å²) in [4.78, 5) is 25.8. The van der Waals surface area contributed by atoms with Crippen LogP contribution in [-0.4, -0.2) is 33.4 Å². The quantitative estimate of drug-likeness (QED) is 0.569. The first-order valence-corrected chi connectivity index (χ1v) is 8.64. The predicted molar refractivity (Wildman–Crippen MR) is 99.7 cm³/mol. The molecule has 1 aliphatic rings. The molecule has 7 nitrogen and oxygen atoms in total. The number of hydrogen-bond acceptors (Lipinski definition) is 5. The van der Waals surface area contributed by atoms with E-state index in [1.807, 2.05) is 6.07 Å². The first-order chi connectivity index (χ1) is 12.1. The molecule has 0 aliphatic carbocycles. The number of carbonyl (C=O) groups is 1. The van der Waals surface area contributed by atoms with Crippen LogP contribution in [-0.2, 0) is 4.79 Å². The molecule has 7 heteroatoms. The number of aromatic amines is 1. The van der Waals surface area contributed by atoms with Gasteiger partial charge in [-0.25, -0.2) is 9.97 Å². The Morgan fingerprint density at radius 2 is 2.28 bits per heavy atom. The first-order valence-electron chi connectivity index (χ1n) is 8.64. The van der Waals surface area contributed by atoms with Gasteiger partial charge in [-0.3, -0.25) is 4.79 Å². The number of amides is 1. The molecule has 0 aromatic carbocycles. The van der Waals surface area contributed by atoms with Crippen LogP contribution in [0.3, 0.4) is 0 Å². The fourth-order valence-electron chi connectivity index (χ4n) is 3.37. The Bertz CT molecular complexity index is 822. The summed E-state index contributed by atoms with van der Waals surface area (Å²) >= 11 is 0. The van der Waals surface area contributed by atoms with Gasteiger partial charge in [0.15, 0.2) is 0 Å². The van der Waals surface area contributed by atoms with Gasteiger partial charge in [-0.1, -0.05) is 6.92 Å². The van der Waals surface area contributed by atoms with Crippen LogP contribution in [0.1, 0.15) is 38.3 Å². The minimum atomic E-state index is -0.561. The summed E-state index contributed by atoms with van der Waals surface area (Å²) in [6, 6.07) is 2.51. The van der Waals surface area contributed by atoms with Gasteiger partial charge in [0.25, 0.3) is 0 Å². The van der Waals surface area contributed by atoms with Crippen LogP contribution in [0.5, 0.6) is 0 Å². The van der Waals surface area contributed by atoms with Crippen molar-refractivity contribution in [2.45, 2.75) is 38.6 Å². The molecule has 0 radical (unpaired) electrons. The number of carbonyl (C=O) groups excluding carboxylic acids is 1. The number of aromatic nitrogens is 3. The Morgan fingerprint density at radius 1 is 1.44 bits per heavy atom. The molecule has 2 aromatic heterocycles. The molecule has 0 bridgehead atoms. The topological polar surface area (TPSA) is 114 Å². The maximum atomic E-state index is 11.2. The third kappa shape index (κ3) is 3.50. The standard InChI is InChI=1S/C18H24N6O/c1-2-14-5-3-4-8-24(14)18-15-9-13(23-17(15)21-11-22-18)7-6-12(10-19)16(20)25/h6-7,9-11,14H,2-5,8,19H2,1H3,(H2,20,25)(H,21,22,23)/b7-6-,12-10+. The Labute approximate surface area is 146 Å². The van der Waals surface area contributed by atoms with Gasteiger partial charge in [0.2, 0.25) is 5.91 Å². The monoisotopic (exact) mass is 340 g/mol. The van der Waals surface area contributed by atoms with E-state index in [0.717, 1.165) is 35.5 Å². The van der Waals surface area contributed by atoms with Crippen LogP contribution in [0.4, 0.5) is 5.82 Å². The average molecular weight is 340 g/mol. The number of rotatable bonds is 5. The number of H-pyrrole nitrogens is 1. The summed E-state index contributed by atoms with van der Waals surface area (Å²) in [6.45, 7) is 3.24. The van der Waals surface area contributed by atoms with E-state index in [1.54, 1.807) is 18.5 Å². The van der Waals surface area contributed by atoms with Crippen molar-refractivity contribution in [3.05, 3.63) is 35.9 Å². The fourth-order valence-corrected chi connectivity index (χ4v) is 3.37. The Kier molecular flexibility index (Phi) is 5.02. The molecule has 1 unspecified atom stereocenters. The molecular formula is C18H24N6O. The maximum Gasteiger partial charge on any atom is 0.250 e. The zero-order valence-corrected chi connectivity index (χ0v) is 14.4. The molecule has 3 heterocycles. The van der Waals surface area contributed by atoms with Crippen molar-refractivity contribution in [1.82, 2.24) is 15.0 Å². The predicted octanol–water partition coefficient (Wildman–Crippen LogP) is 2.07. The highest BCUT2D eigenvalue weighted by atomic mass is 16.1. The number of anilines is 1. The average Bonchev–Trinajstić information content (AvgIpc) is 3.05. The highest BCUT2D eigenvalue weighted by molar-refractivity contribution is 5.96. The van der Waals surface area contributed by atoms with Crippen molar-refractivity contribution in [1.29, 1.82) is 0 Å². The highest BCUT2D eigenvalue weighted by Gasteiger charge is 2.24. The molecule has 1 amide bonds. The molecule has 5 N–H and O–H groups in total. The van der Waals surface area contributed by atoms with Gasteiger partial charge in [0, 0.05) is 24.5 Å². The van der Waals surface area contributed by atoms with Crippen LogP contribution >= 0.6 is 0 Å². The van der Waals surface area contributed by atoms with E-state index >= 15 is 0 Å².